The van der Waals surface area contributed by atoms with Gasteiger partial charge >= 0.3 is 0 Å². The Morgan fingerprint density at radius 2 is 1.74 bits per heavy atom. The van der Waals surface area contributed by atoms with E-state index in [0.717, 1.165) is 61.5 Å². The monoisotopic (exact) mass is 414 g/mol. The molecule has 2 heterocycles. The molecule has 0 aliphatic carbocycles. The molecular formula is C26H30N4O. The first-order valence-electron chi connectivity index (χ1n) is 11.1. The van der Waals surface area contributed by atoms with E-state index in [0.29, 0.717) is 0 Å². The Bertz CT molecular complexity index is 1010. The maximum atomic E-state index is 12.8. The topological polar surface area (TPSA) is 58.1 Å². The molecule has 1 saturated heterocycles. The number of likely N-dealkylation sites (tertiary alicyclic amines) is 1. The highest BCUT2D eigenvalue weighted by Gasteiger charge is 2.25. The summed E-state index contributed by atoms with van der Waals surface area (Å²) in [5, 5.41) is 3.10. The van der Waals surface area contributed by atoms with Crippen molar-refractivity contribution >= 4 is 11.6 Å². The van der Waals surface area contributed by atoms with Crippen LogP contribution in [0.15, 0.2) is 60.9 Å². The smallest absolute Gasteiger partial charge is 0.227 e. The minimum atomic E-state index is 0.0615. The third-order valence-corrected chi connectivity index (χ3v) is 5.94. The molecule has 0 unspecified atom stereocenters. The van der Waals surface area contributed by atoms with Crippen LogP contribution in [0.3, 0.4) is 0 Å². The van der Waals surface area contributed by atoms with Crippen molar-refractivity contribution in [2.75, 3.05) is 18.4 Å². The second-order valence-electron chi connectivity index (χ2n) is 8.35. The molecule has 1 fully saturated rings. The molecule has 2 aromatic carbocycles. The fourth-order valence-corrected chi connectivity index (χ4v) is 4.07. The van der Waals surface area contributed by atoms with Crippen molar-refractivity contribution in [2.45, 2.75) is 39.7 Å². The van der Waals surface area contributed by atoms with Gasteiger partial charge in [0.1, 0.15) is 5.82 Å². The van der Waals surface area contributed by atoms with E-state index in [1.165, 1.54) is 11.1 Å². The lowest BCUT2D eigenvalue weighted by Crippen LogP contribution is -2.37. The lowest BCUT2D eigenvalue weighted by molar-refractivity contribution is -0.121. The summed E-state index contributed by atoms with van der Waals surface area (Å²) in [4.78, 5) is 23.9. The highest BCUT2D eigenvalue weighted by atomic mass is 16.1. The summed E-state index contributed by atoms with van der Waals surface area (Å²) in [5.74, 6) is 1.07. The molecule has 160 valence electrons. The molecule has 0 atom stereocenters. The zero-order chi connectivity index (χ0) is 21.6. The minimum absolute atomic E-state index is 0.0615. The van der Waals surface area contributed by atoms with Gasteiger partial charge in [0, 0.05) is 42.5 Å². The third kappa shape index (κ3) is 5.56. The van der Waals surface area contributed by atoms with Gasteiger partial charge in [-0.3, -0.25) is 9.69 Å². The van der Waals surface area contributed by atoms with E-state index >= 15 is 0 Å². The number of nitrogens with one attached hydrogen (secondary N) is 1. The van der Waals surface area contributed by atoms with Crippen molar-refractivity contribution in [3.05, 3.63) is 77.9 Å². The van der Waals surface area contributed by atoms with Gasteiger partial charge in [0.2, 0.25) is 5.91 Å². The normalized spacial score (nSPS) is 15.0. The summed E-state index contributed by atoms with van der Waals surface area (Å²) in [6.45, 7) is 6.83. The van der Waals surface area contributed by atoms with Gasteiger partial charge < -0.3 is 5.32 Å². The van der Waals surface area contributed by atoms with Crippen LogP contribution in [0, 0.1) is 12.8 Å². The lowest BCUT2D eigenvalue weighted by Gasteiger charge is -2.31. The Morgan fingerprint density at radius 3 is 2.39 bits per heavy atom. The van der Waals surface area contributed by atoms with E-state index in [1.807, 2.05) is 24.5 Å². The Hall–Kier alpha value is -3.05. The van der Waals surface area contributed by atoms with Crippen molar-refractivity contribution in [2.24, 2.45) is 5.92 Å². The number of carbonyl (C=O) groups is 1. The standard InChI is InChI=1S/C26H30N4O/c1-3-25-27-16-20(17-28-25)18-30-13-11-22(12-14-30)26(31)29-24-9-7-21(8-10-24)23-6-4-5-19(2)15-23/h4-10,15-17,22H,3,11-14,18H2,1-2H3,(H,29,31). The molecule has 0 bridgehead atoms. The quantitative estimate of drug-likeness (QED) is 0.625. The molecule has 0 spiro atoms. The van der Waals surface area contributed by atoms with E-state index in [9.17, 15) is 4.79 Å². The van der Waals surface area contributed by atoms with Gasteiger partial charge in [-0.2, -0.15) is 0 Å². The van der Waals surface area contributed by atoms with Crippen LogP contribution >= 0.6 is 0 Å². The second-order valence-corrected chi connectivity index (χ2v) is 8.35. The number of hydrogen-bond donors (Lipinski definition) is 1. The fourth-order valence-electron chi connectivity index (χ4n) is 4.07. The number of nitrogens with zero attached hydrogens (tertiary/aromatic N) is 3. The van der Waals surface area contributed by atoms with Crippen LogP contribution in [0.25, 0.3) is 11.1 Å². The van der Waals surface area contributed by atoms with Crippen molar-refractivity contribution in [3.8, 4) is 11.1 Å². The van der Waals surface area contributed by atoms with Crippen LogP contribution in [0.1, 0.15) is 36.7 Å². The van der Waals surface area contributed by atoms with Gasteiger partial charge in [-0.05, 0) is 56.1 Å². The molecule has 5 nitrogen and oxygen atoms in total. The SMILES string of the molecule is CCc1ncc(CN2CCC(C(=O)Nc3ccc(-c4cccc(C)c4)cc3)CC2)cn1. The Morgan fingerprint density at radius 1 is 1.03 bits per heavy atom. The number of hydrogen-bond acceptors (Lipinski definition) is 4. The summed E-state index contributed by atoms with van der Waals surface area (Å²) in [6.07, 6.45) is 6.45. The van der Waals surface area contributed by atoms with Gasteiger partial charge in [-0.1, -0.05) is 48.9 Å². The summed E-state index contributed by atoms with van der Waals surface area (Å²) < 4.78 is 0. The largest absolute Gasteiger partial charge is 0.326 e. The zero-order valence-corrected chi connectivity index (χ0v) is 18.3. The number of aromatic nitrogens is 2. The Labute approximate surface area is 184 Å². The average Bonchev–Trinajstić information content (AvgIpc) is 2.80. The molecule has 31 heavy (non-hydrogen) atoms. The van der Waals surface area contributed by atoms with E-state index in [2.05, 4.69) is 70.4 Å². The van der Waals surface area contributed by atoms with Gasteiger partial charge in [0.25, 0.3) is 0 Å². The van der Waals surface area contributed by atoms with Crippen LogP contribution in [0.4, 0.5) is 5.69 Å². The molecule has 1 amide bonds. The van der Waals surface area contributed by atoms with Gasteiger partial charge in [0.15, 0.2) is 0 Å². The molecule has 5 heteroatoms. The van der Waals surface area contributed by atoms with Crippen molar-refractivity contribution in [3.63, 3.8) is 0 Å². The maximum absolute atomic E-state index is 12.8. The third-order valence-electron chi connectivity index (χ3n) is 5.94. The highest BCUT2D eigenvalue weighted by Crippen LogP contribution is 2.24. The zero-order valence-electron chi connectivity index (χ0n) is 18.3. The number of benzene rings is 2. The molecule has 1 aliphatic heterocycles. The van der Waals surface area contributed by atoms with Crippen LogP contribution in [0.5, 0.6) is 0 Å². The van der Waals surface area contributed by atoms with E-state index in [4.69, 9.17) is 0 Å². The maximum Gasteiger partial charge on any atom is 0.227 e. The van der Waals surface area contributed by atoms with E-state index in [1.54, 1.807) is 0 Å². The van der Waals surface area contributed by atoms with Crippen molar-refractivity contribution < 1.29 is 4.79 Å². The highest BCUT2D eigenvalue weighted by molar-refractivity contribution is 5.92. The first-order valence-corrected chi connectivity index (χ1v) is 11.1. The predicted octanol–water partition coefficient (Wildman–Crippen LogP) is 4.87. The Kier molecular flexibility index (Phi) is 6.73. The Balaban J connectivity index is 1.27. The summed E-state index contributed by atoms with van der Waals surface area (Å²) in [7, 11) is 0. The molecule has 1 aliphatic rings. The minimum Gasteiger partial charge on any atom is -0.326 e. The van der Waals surface area contributed by atoms with Crippen molar-refractivity contribution in [1.29, 1.82) is 0 Å². The molecule has 4 rings (SSSR count). The first kappa shape index (κ1) is 21.2. The number of anilines is 1. The molecule has 0 radical (unpaired) electrons. The number of rotatable bonds is 6. The summed E-state index contributed by atoms with van der Waals surface area (Å²) in [5.41, 5.74) is 5.59. The van der Waals surface area contributed by atoms with Crippen molar-refractivity contribution in [1.82, 2.24) is 14.9 Å². The molecule has 3 aromatic rings. The van der Waals surface area contributed by atoms with Gasteiger partial charge in [-0.25, -0.2) is 9.97 Å². The molecular weight excluding hydrogens is 384 g/mol. The van der Waals surface area contributed by atoms with Crippen LogP contribution in [0.2, 0.25) is 0 Å². The van der Waals surface area contributed by atoms with Gasteiger partial charge in [0.05, 0.1) is 0 Å². The lowest BCUT2D eigenvalue weighted by atomic mass is 9.95. The van der Waals surface area contributed by atoms with Crippen LogP contribution < -0.4 is 5.32 Å². The summed E-state index contributed by atoms with van der Waals surface area (Å²) >= 11 is 0. The molecule has 0 saturated carbocycles. The number of aryl methyl sites for hydroxylation is 2. The number of amides is 1. The molecule has 1 N–H and O–H groups in total. The van der Waals surface area contributed by atoms with Crippen LogP contribution in [-0.4, -0.2) is 33.9 Å². The average molecular weight is 415 g/mol. The number of piperidine rings is 1. The summed E-state index contributed by atoms with van der Waals surface area (Å²) in [6, 6.07) is 16.6. The number of carbonyl (C=O) groups excluding carboxylic acids is 1. The second kappa shape index (κ2) is 9.84. The predicted molar refractivity (Wildman–Crippen MR) is 125 cm³/mol. The molecule has 1 aromatic heterocycles. The van der Waals surface area contributed by atoms with Crippen LogP contribution in [-0.2, 0) is 17.8 Å². The first-order chi connectivity index (χ1) is 15.1. The van der Waals surface area contributed by atoms with E-state index in [-0.39, 0.29) is 11.8 Å². The van der Waals surface area contributed by atoms with Gasteiger partial charge in [-0.15, -0.1) is 0 Å². The van der Waals surface area contributed by atoms with E-state index < -0.39 is 0 Å². The fraction of sp³-hybridized carbons (Fsp3) is 0.346.